The van der Waals surface area contributed by atoms with E-state index in [-0.39, 0.29) is 12.1 Å². The van der Waals surface area contributed by atoms with Gasteiger partial charge >= 0.3 is 0 Å². The average molecular weight is 311 g/mol. The molecule has 0 amide bonds. The van der Waals surface area contributed by atoms with Crippen molar-refractivity contribution in [3.8, 4) is 5.75 Å². The van der Waals surface area contributed by atoms with E-state index < -0.39 is 0 Å². The Morgan fingerprint density at radius 2 is 2.29 bits per heavy atom. The predicted octanol–water partition coefficient (Wildman–Crippen LogP) is 2.46. The van der Waals surface area contributed by atoms with Crippen LogP contribution in [-0.4, -0.2) is 25.4 Å². The van der Waals surface area contributed by atoms with Gasteiger partial charge in [-0.2, -0.15) is 0 Å². The second-order valence-electron chi connectivity index (χ2n) is 5.89. The minimum Gasteiger partial charge on any atom is -0.493 e. The fourth-order valence-corrected chi connectivity index (χ4v) is 3.47. The molecule has 0 bridgehead atoms. The van der Waals surface area contributed by atoms with Crippen LogP contribution < -0.4 is 16.0 Å². The van der Waals surface area contributed by atoms with E-state index in [0.717, 1.165) is 35.8 Å². The molecule has 1 heterocycles. The van der Waals surface area contributed by atoms with Crippen LogP contribution in [0.2, 0.25) is 5.02 Å². The van der Waals surface area contributed by atoms with E-state index in [9.17, 15) is 0 Å². The highest BCUT2D eigenvalue weighted by atomic mass is 35.5. The second kappa shape index (κ2) is 6.53. The summed E-state index contributed by atoms with van der Waals surface area (Å²) in [5.41, 5.74) is 5.27. The zero-order valence-corrected chi connectivity index (χ0v) is 13.2. The van der Waals surface area contributed by atoms with Gasteiger partial charge in [-0.05, 0) is 55.4 Å². The standard InChI is InChI=1S/C16H23ClN2O2/c1-2-20-16(10-3-4-10)14(19-18)9-12-8-13(17)7-11-5-6-21-15(11)12/h7-8,10,14,16,19H,2-6,9,18H2,1H3. The molecule has 1 aliphatic carbocycles. The van der Waals surface area contributed by atoms with Gasteiger partial charge in [0.2, 0.25) is 0 Å². The van der Waals surface area contributed by atoms with Gasteiger partial charge in [-0.25, -0.2) is 0 Å². The quantitative estimate of drug-likeness (QED) is 0.600. The van der Waals surface area contributed by atoms with Crippen molar-refractivity contribution in [1.82, 2.24) is 5.43 Å². The molecule has 2 aliphatic rings. The van der Waals surface area contributed by atoms with Crippen LogP contribution in [0.4, 0.5) is 0 Å². The number of hydrogen-bond acceptors (Lipinski definition) is 4. The molecule has 0 spiro atoms. The van der Waals surface area contributed by atoms with Gasteiger partial charge in [-0.15, -0.1) is 0 Å². The van der Waals surface area contributed by atoms with E-state index >= 15 is 0 Å². The molecule has 0 radical (unpaired) electrons. The van der Waals surface area contributed by atoms with Crippen molar-refractivity contribution in [2.45, 2.75) is 44.8 Å². The summed E-state index contributed by atoms with van der Waals surface area (Å²) in [5, 5.41) is 0.768. The summed E-state index contributed by atoms with van der Waals surface area (Å²) in [7, 11) is 0. The Bertz CT molecular complexity index is 505. The minimum absolute atomic E-state index is 0.0872. The summed E-state index contributed by atoms with van der Waals surface area (Å²) in [6.45, 7) is 3.48. The minimum atomic E-state index is 0.0872. The molecule has 1 aromatic rings. The molecule has 1 aromatic carbocycles. The lowest BCUT2D eigenvalue weighted by molar-refractivity contribution is 0.0191. The van der Waals surface area contributed by atoms with E-state index in [1.165, 1.54) is 18.4 Å². The van der Waals surface area contributed by atoms with Gasteiger partial charge in [0.05, 0.1) is 18.8 Å². The van der Waals surface area contributed by atoms with Crippen LogP contribution >= 0.6 is 11.6 Å². The van der Waals surface area contributed by atoms with Gasteiger partial charge < -0.3 is 9.47 Å². The molecule has 3 rings (SSSR count). The Morgan fingerprint density at radius 1 is 1.48 bits per heavy atom. The number of hydrogen-bond donors (Lipinski definition) is 2. The predicted molar refractivity (Wildman–Crippen MR) is 83.6 cm³/mol. The highest BCUT2D eigenvalue weighted by Gasteiger charge is 2.37. The highest BCUT2D eigenvalue weighted by Crippen LogP contribution is 2.38. The molecule has 4 nitrogen and oxygen atoms in total. The number of nitrogens with one attached hydrogen (secondary N) is 1. The van der Waals surface area contributed by atoms with Gasteiger partial charge in [0, 0.05) is 18.1 Å². The maximum Gasteiger partial charge on any atom is 0.125 e. The first-order valence-corrected chi connectivity index (χ1v) is 8.12. The number of halogens is 1. The topological polar surface area (TPSA) is 56.5 Å². The molecule has 21 heavy (non-hydrogen) atoms. The zero-order chi connectivity index (χ0) is 14.8. The molecule has 1 aliphatic heterocycles. The molecular formula is C16H23ClN2O2. The summed E-state index contributed by atoms with van der Waals surface area (Å²) in [6, 6.07) is 4.08. The lowest BCUT2D eigenvalue weighted by Crippen LogP contribution is -2.47. The molecule has 2 unspecified atom stereocenters. The van der Waals surface area contributed by atoms with E-state index in [2.05, 4.69) is 5.43 Å². The summed E-state index contributed by atoms with van der Waals surface area (Å²) < 4.78 is 11.7. The molecule has 0 saturated heterocycles. The Labute approximate surface area is 130 Å². The highest BCUT2D eigenvalue weighted by molar-refractivity contribution is 6.30. The van der Waals surface area contributed by atoms with Crippen molar-refractivity contribution in [3.63, 3.8) is 0 Å². The average Bonchev–Trinajstić information content (AvgIpc) is 3.20. The van der Waals surface area contributed by atoms with Gasteiger partial charge in [0.25, 0.3) is 0 Å². The lowest BCUT2D eigenvalue weighted by atomic mass is 9.96. The van der Waals surface area contributed by atoms with Gasteiger partial charge in [0.1, 0.15) is 5.75 Å². The van der Waals surface area contributed by atoms with Crippen molar-refractivity contribution < 1.29 is 9.47 Å². The summed E-state index contributed by atoms with van der Waals surface area (Å²) in [5.74, 6) is 7.41. The van der Waals surface area contributed by atoms with E-state index in [4.69, 9.17) is 26.9 Å². The van der Waals surface area contributed by atoms with E-state index in [1.54, 1.807) is 0 Å². The van der Waals surface area contributed by atoms with Crippen LogP contribution in [0, 0.1) is 5.92 Å². The third kappa shape index (κ3) is 3.34. The molecule has 5 heteroatoms. The van der Waals surface area contributed by atoms with Crippen molar-refractivity contribution in [1.29, 1.82) is 0 Å². The molecule has 0 aromatic heterocycles. The SMILES string of the molecule is CCOC(C1CC1)C(Cc1cc(Cl)cc2c1OCC2)NN. The first-order chi connectivity index (χ1) is 10.2. The Kier molecular flexibility index (Phi) is 4.69. The number of benzene rings is 1. The Balaban J connectivity index is 1.80. The summed E-state index contributed by atoms with van der Waals surface area (Å²) >= 11 is 6.23. The Morgan fingerprint density at radius 3 is 2.95 bits per heavy atom. The molecule has 116 valence electrons. The Hall–Kier alpha value is -0.810. The van der Waals surface area contributed by atoms with Crippen LogP contribution in [0.3, 0.4) is 0 Å². The van der Waals surface area contributed by atoms with Crippen LogP contribution in [0.1, 0.15) is 30.9 Å². The number of fused-ring (bicyclic) bond motifs is 1. The molecule has 3 N–H and O–H groups in total. The maximum atomic E-state index is 6.23. The normalized spacial score (nSPS) is 20.0. The van der Waals surface area contributed by atoms with Crippen LogP contribution in [0.25, 0.3) is 0 Å². The number of ether oxygens (including phenoxy) is 2. The lowest BCUT2D eigenvalue weighted by Gasteiger charge is -2.27. The fourth-order valence-electron chi connectivity index (χ4n) is 3.20. The van der Waals surface area contributed by atoms with Crippen molar-refractivity contribution in [2.75, 3.05) is 13.2 Å². The van der Waals surface area contributed by atoms with Crippen molar-refractivity contribution in [3.05, 3.63) is 28.3 Å². The summed E-state index contributed by atoms with van der Waals surface area (Å²) in [4.78, 5) is 0. The summed E-state index contributed by atoms with van der Waals surface area (Å²) in [6.07, 6.45) is 4.33. The van der Waals surface area contributed by atoms with Crippen molar-refractivity contribution >= 4 is 11.6 Å². The molecule has 2 atom stereocenters. The van der Waals surface area contributed by atoms with Gasteiger partial charge in [-0.3, -0.25) is 11.3 Å². The smallest absolute Gasteiger partial charge is 0.125 e. The third-order valence-electron chi connectivity index (χ3n) is 4.32. The number of nitrogens with two attached hydrogens (primary N) is 1. The molecule has 1 fully saturated rings. The van der Waals surface area contributed by atoms with Crippen LogP contribution in [0.15, 0.2) is 12.1 Å². The van der Waals surface area contributed by atoms with Gasteiger partial charge in [0.15, 0.2) is 0 Å². The molecule has 1 saturated carbocycles. The molecular weight excluding hydrogens is 288 g/mol. The van der Waals surface area contributed by atoms with E-state index in [1.807, 2.05) is 19.1 Å². The van der Waals surface area contributed by atoms with Gasteiger partial charge in [-0.1, -0.05) is 11.6 Å². The zero-order valence-electron chi connectivity index (χ0n) is 12.4. The second-order valence-corrected chi connectivity index (χ2v) is 6.32. The largest absolute Gasteiger partial charge is 0.493 e. The maximum absolute atomic E-state index is 6.23. The van der Waals surface area contributed by atoms with E-state index in [0.29, 0.717) is 12.5 Å². The fraction of sp³-hybridized carbons (Fsp3) is 0.625. The first-order valence-electron chi connectivity index (χ1n) is 7.74. The monoisotopic (exact) mass is 310 g/mol. The number of hydrazine groups is 1. The van der Waals surface area contributed by atoms with Crippen LogP contribution in [0.5, 0.6) is 5.75 Å². The third-order valence-corrected chi connectivity index (χ3v) is 4.54. The number of rotatable bonds is 7. The van der Waals surface area contributed by atoms with Crippen LogP contribution in [-0.2, 0) is 17.6 Å². The first kappa shape index (κ1) is 15.1. The van der Waals surface area contributed by atoms with Crippen molar-refractivity contribution in [2.24, 2.45) is 11.8 Å².